The standard InChI is InChI=1S/C23H24FN3O5/c1-16(28)27(15-17-14-18(29-2)8-9-20(17)31-13-11-24)19-6-4-5-7-21(19)32-22-10-12-25-23(26-22)30-3/h4-10,12,14H,11,13,15H2,1-3H3/i24-1. The highest BCUT2D eigenvalue weighted by Crippen LogP contribution is 2.34. The van der Waals surface area contributed by atoms with E-state index in [2.05, 4.69) is 9.97 Å². The van der Waals surface area contributed by atoms with Crippen LogP contribution in [-0.4, -0.2) is 43.4 Å². The summed E-state index contributed by atoms with van der Waals surface area (Å²) in [6.07, 6.45) is 1.51. The molecule has 9 heteroatoms. The third-order valence-corrected chi connectivity index (χ3v) is 4.47. The van der Waals surface area contributed by atoms with Crippen LogP contribution in [0.15, 0.2) is 54.7 Å². The molecule has 0 saturated heterocycles. The zero-order valence-electron chi connectivity index (χ0n) is 18.1. The second-order valence-corrected chi connectivity index (χ2v) is 6.57. The molecule has 0 radical (unpaired) electrons. The number of halogens is 1. The third kappa shape index (κ3) is 5.63. The van der Waals surface area contributed by atoms with Gasteiger partial charge in [0.2, 0.25) is 11.8 Å². The van der Waals surface area contributed by atoms with E-state index in [9.17, 15) is 9.18 Å². The molecule has 1 heterocycles. The first-order valence-electron chi connectivity index (χ1n) is 9.83. The van der Waals surface area contributed by atoms with Crippen molar-refractivity contribution in [2.24, 2.45) is 0 Å². The Bertz CT molecular complexity index is 1060. The van der Waals surface area contributed by atoms with Crippen molar-refractivity contribution in [3.63, 3.8) is 0 Å². The van der Waals surface area contributed by atoms with Crippen LogP contribution in [0.3, 0.4) is 0 Å². The third-order valence-electron chi connectivity index (χ3n) is 4.47. The fraction of sp³-hybridized carbons (Fsp3) is 0.261. The van der Waals surface area contributed by atoms with Crippen LogP contribution in [-0.2, 0) is 11.3 Å². The number of anilines is 1. The maximum atomic E-state index is 12.7. The molecule has 0 fully saturated rings. The number of methoxy groups -OCH3 is 2. The number of rotatable bonds is 10. The lowest BCUT2D eigenvalue weighted by atomic mass is 10.1. The van der Waals surface area contributed by atoms with Gasteiger partial charge in [-0.2, -0.15) is 4.98 Å². The van der Waals surface area contributed by atoms with Crippen molar-refractivity contribution in [3.8, 4) is 29.1 Å². The first-order valence-corrected chi connectivity index (χ1v) is 9.83. The van der Waals surface area contributed by atoms with Crippen molar-refractivity contribution in [2.45, 2.75) is 13.5 Å². The second kappa shape index (κ2) is 10.9. The Morgan fingerprint density at radius 2 is 1.88 bits per heavy atom. The van der Waals surface area contributed by atoms with Crippen molar-refractivity contribution in [1.82, 2.24) is 9.97 Å². The smallest absolute Gasteiger partial charge is 0.319 e. The molecule has 8 nitrogen and oxygen atoms in total. The van der Waals surface area contributed by atoms with E-state index >= 15 is 0 Å². The molecule has 3 aromatic rings. The van der Waals surface area contributed by atoms with Crippen LogP contribution in [0, 0.1) is 0 Å². The SMILES string of the molecule is COc1ccc(OCC[18F])c(CN(C(C)=O)c2ccccc2Oc2ccnc(OC)n2)c1. The minimum atomic E-state index is -0.624. The van der Waals surface area contributed by atoms with Gasteiger partial charge in [-0.25, -0.2) is 9.37 Å². The molecule has 0 bridgehead atoms. The van der Waals surface area contributed by atoms with Gasteiger partial charge in [0.15, 0.2) is 5.75 Å². The summed E-state index contributed by atoms with van der Waals surface area (Å²) in [6, 6.07) is 14.0. The molecule has 1 aromatic heterocycles. The number of amides is 1. The van der Waals surface area contributed by atoms with Gasteiger partial charge in [-0.1, -0.05) is 12.1 Å². The summed E-state index contributed by atoms with van der Waals surface area (Å²) < 4.78 is 34.5. The Balaban J connectivity index is 1.96. The van der Waals surface area contributed by atoms with E-state index in [1.165, 1.54) is 25.1 Å². The van der Waals surface area contributed by atoms with Gasteiger partial charge in [0, 0.05) is 24.8 Å². The molecule has 0 aliphatic rings. The lowest BCUT2D eigenvalue weighted by Crippen LogP contribution is -2.28. The number of nitrogens with zero attached hydrogens (tertiary/aromatic N) is 3. The summed E-state index contributed by atoms with van der Waals surface area (Å²) in [5.74, 6) is 1.52. The maximum Gasteiger partial charge on any atom is 0.319 e. The van der Waals surface area contributed by atoms with Crippen LogP contribution in [0.5, 0.6) is 29.1 Å². The van der Waals surface area contributed by atoms with E-state index in [1.54, 1.807) is 55.6 Å². The molecule has 0 spiro atoms. The van der Waals surface area contributed by atoms with Crippen LogP contribution in [0.2, 0.25) is 0 Å². The van der Waals surface area contributed by atoms with Gasteiger partial charge in [0.05, 0.1) is 26.5 Å². The van der Waals surface area contributed by atoms with Crippen molar-refractivity contribution in [3.05, 3.63) is 60.3 Å². The van der Waals surface area contributed by atoms with E-state index in [0.717, 1.165) is 0 Å². The first kappa shape index (κ1) is 22.8. The van der Waals surface area contributed by atoms with Crippen LogP contribution in [0.25, 0.3) is 0 Å². The molecule has 0 unspecified atom stereocenters. The number of para-hydroxylation sites is 2. The highest BCUT2D eigenvalue weighted by molar-refractivity contribution is 5.93. The van der Waals surface area contributed by atoms with Gasteiger partial charge in [0.1, 0.15) is 24.8 Å². The summed E-state index contributed by atoms with van der Waals surface area (Å²) in [6.45, 7) is 0.893. The molecule has 168 valence electrons. The maximum absolute atomic E-state index is 12.7. The van der Waals surface area contributed by atoms with E-state index in [0.29, 0.717) is 28.5 Å². The number of ether oxygens (including phenoxy) is 4. The molecule has 0 N–H and O–H groups in total. The number of carbonyl (C=O) groups is 1. The number of hydrogen-bond donors (Lipinski definition) is 0. The zero-order chi connectivity index (χ0) is 22.9. The van der Waals surface area contributed by atoms with E-state index < -0.39 is 6.67 Å². The Kier molecular flexibility index (Phi) is 7.80. The minimum Gasteiger partial charge on any atom is -0.497 e. The molecule has 0 atom stereocenters. The molecule has 0 saturated carbocycles. The lowest BCUT2D eigenvalue weighted by Gasteiger charge is -2.25. The fourth-order valence-corrected chi connectivity index (χ4v) is 2.99. The first-order chi connectivity index (χ1) is 15.5. The number of hydrogen-bond acceptors (Lipinski definition) is 7. The number of aromatic nitrogens is 2. The summed E-state index contributed by atoms with van der Waals surface area (Å²) in [7, 11) is 3.00. The Labute approximate surface area is 185 Å². The Morgan fingerprint density at radius 1 is 1.06 bits per heavy atom. The number of carbonyl (C=O) groups excluding carboxylic acids is 1. The monoisotopic (exact) mass is 440 g/mol. The number of alkyl halides is 1. The lowest BCUT2D eigenvalue weighted by molar-refractivity contribution is -0.116. The van der Waals surface area contributed by atoms with E-state index in [4.69, 9.17) is 18.9 Å². The predicted octanol–water partition coefficient (Wildman–Crippen LogP) is 4.19. The molecule has 3 rings (SSSR count). The molecule has 0 aliphatic carbocycles. The van der Waals surface area contributed by atoms with Gasteiger partial charge in [-0.15, -0.1) is 0 Å². The summed E-state index contributed by atoms with van der Waals surface area (Å²) in [5.41, 5.74) is 1.18. The molecule has 2 aromatic carbocycles. The molecule has 0 aliphatic heterocycles. The minimum absolute atomic E-state index is 0.0886. The Morgan fingerprint density at radius 3 is 2.59 bits per heavy atom. The van der Waals surface area contributed by atoms with Crippen molar-refractivity contribution >= 4 is 11.6 Å². The predicted molar refractivity (Wildman–Crippen MR) is 116 cm³/mol. The van der Waals surface area contributed by atoms with Gasteiger partial charge < -0.3 is 23.8 Å². The average molecular weight is 440 g/mol. The zero-order valence-corrected chi connectivity index (χ0v) is 18.1. The van der Waals surface area contributed by atoms with Crippen LogP contribution in [0.4, 0.5) is 10.1 Å². The average Bonchev–Trinajstić information content (AvgIpc) is 2.82. The van der Waals surface area contributed by atoms with Gasteiger partial charge in [-0.3, -0.25) is 4.79 Å². The topological polar surface area (TPSA) is 83.0 Å². The molecular weight excluding hydrogens is 416 g/mol. The van der Waals surface area contributed by atoms with Gasteiger partial charge in [0.25, 0.3) is 0 Å². The summed E-state index contributed by atoms with van der Waals surface area (Å²) in [4.78, 5) is 22.3. The second-order valence-electron chi connectivity index (χ2n) is 6.57. The Hall–Kier alpha value is -3.88. The van der Waals surface area contributed by atoms with Gasteiger partial charge >= 0.3 is 6.01 Å². The molecule has 1 amide bonds. The van der Waals surface area contributed by atoms with Crippen molar-refractivity contribution in [2.75, 3.05) is 32.4 Å². The summed E-state index contributed by atoms with van der Waals surface area (Å²) in [5, 5.41) is 0. The van der Waals surface area contributed by atoms with Gasteiger partial charge in [-0.05, 0) is 30.3 Å². The van der Waals surface area contributed by atoms with Crippen LogP contribution >= 0.6 is 0 Å². The normalized spacial score (nSPS) is 10.4. The molecule has 32 heavy (non-hydrogen) atoms. The molecular formula is C23H24FN3O5. The van der Waals surface area contributed by atoms with E-state index in [1.807, 2.05) is 0 Å². The highest BCUT2D eigenvalue weighted by atomic mass is 18.2. The summed E-state index contributed by atoms with van der Waals surface area (Å²) >= 11 is 0. The van der Waals surface area contributed by atoms with Crippen molar-refractivity contribution < 1.29 is 28.1 Å². The fourth-order valence-electron chi connectivity index (χ4n) is 2.99. The van der Waals surface area contributed by atoms with Crippen LogP contribution < -0.4 is 23.8 Å². The van der Waals surface area contributed by atoms with Crippen molar-refractivity contribution in [1.29, 1.82) is 0 Å². The largest absolute Gasteiger partial charge is 0.497 e. The van der Waals surface area contributed by atoms with Crippen LogP contribution in [0.1, 0.15) is 12.5 Å². The number of benzene rings is 2. The van der Waals surface area contributed by atoms with E-state index in [-0.39, 0.29) is 30.9 Å². The highest BCUT2D eigenvalue weighted by Gasteiger charge is 2.20. The quantitative estimate of drug-likeness (QED) is 0.467.